The summed E-state index contributed by atoms with van der Waals surface area (Å²) in [6, 6.07) is 10.4. The molecule has 0 aromatic heterocycles. The van der Waals surface area contributed by atoms with Crippen LogP contribution in [0.15, 0.2) is 35.2 Å². The number of hydrogen-bond acceptors (Lipinski definition) is 3. The zero-order valence-electron chi connectivity index (χ0n) is 10.6. The SMILES string of the molecule is C[C@H](O)[C@H]1C[C@@H](Sc2ccccc2)C(C)(C)O1. The van der Waals surface area contributed by atoms with Crippen LogP contribution in [-0.2, 0) is 4.74 Å². The third-order valence-corrected chi connectivity index (χ3v) is 4.83. The summed E-state index contributed by atoms with van der Waals surface area (Å²) in [4.78, 5) is 1.26. The van der Waals surface area contributed by atoms with Crippen LogP contribution in [0.4, 0.5) is 0 Å². The first-order valence-corrected chi connectivity index (χ1v) is 6.94. The van der Waals surface area contributed by atoms with Crippen LogP contribution in [0.1, 0.15) is 27.2 Å². The van der Waals surface area contributed by atoms with Gasteiger partial charge >= 0.3 is 0 Å². The van der Waals surface area contributed by atoms with Crippen LogP contribution in [0.25, 0.3) is 0 Å². The van der Waals surface area contributed by atoms with Crippen molar-refractivity contribution >= 4 is 11.8 Å². The van der Waals surface area contributed by atoms with Crippen molar-refractivity contribution < 1.29 is 9.84 Å². The van der Waals surface area contributed by atoms with E-state index in [9.17, 15) is 5.11 Å². The number of aliphatic hydroxyl groups excluding tert-OH is 1. The molecule has 17 heavy (non-hydrogen) atoms. The van der Waals surface area contributed by atoms with Crippen molar-refractivity contribution in [3.8, 4) is 0 Å². The second-order valence-electron chi connectivity index (χ2n) is 5.16. The van der Waals surface area contributed by atoms with Gasteiger partial charge in [0.15, 0.2) is 0 Å². The minimum absolute atomic E-state index is 0.0359. The maximum Gasteiger partial charge on any atom is 0.0850 e. The fourth-order valence-corrected chi connectivity index (χ4v) is 3.43. The molecule has 3 atom stereocenters. The molecule has 0 spiro atoms. The number of hydrogen-bond donors (Lipinski definition) is 1. The van der Waals surface area contributed by atoms with E-state index in [1.807, 2.05) is 17.8 Å². The molecule has 0 bridgehead atoms. The Morgan fingerprint density at radius 3 is 2.53 bits per heavy atom. The molecule has 1 aliphatic rings. The molecule has 0 aliphatic carbocycles. The molecule has 3 heteroatoms. The number of thioether (sulfide) groups is 1. The van der Waals surface area contributed by atoms with Gasteiger partial charge in [0, 0.05) is 10.1 Å². The molecule has 1 aliphatic heterocycles. The predicted molar refractivity (Wildman–Crippen MR) is 71.3 cm³/mol. The molecule has 1 saturated heterocycles. The van der Waals surface area contributed by atoms with Gasteiger partial charge in [-0.3, -0.25) is 0 Å². The number of rotatable bonds is 3. The van der Waals surface area contributed by atoms with Gasteiger partial charge in [-0.25, -0.2) is 0 Å². The normalized spacial score (nSPS) is 29.2. The van der Waals surface area contributed by atoms with Crippen molar-refractivity contribution in [1.82, 2.24) is 0 Å². The summed E-state index contributed by atoms with van der Waals surface area (Å²) < 4.78 is 5.92. The zero-order chi connectivity index (χ0) is 12.5. The van der Waals surface area contributed by atoms with Crippen molar-refractivity contribution in [2.75, 3.05) is 0 Å². The highest BCUT2D eigenvalue weighted by atomic mass is 32.2. The van der Waals surface area contributed by atoms with Crippen molar-refractivity contribution in [3.63, 3.8) is 0 Å². The summed E-state index contributed by atoms with van der Waals surface area (Å²) in [5.41, 5.74) is -0.178. The van der Waals surface area contributed by atoms with E-state index in [1.54, 1.807) is 6.92 Å². The van der Waals surface area contributed by atoms with Crippen molar-refractivity contribution in [2.24, 2.45) is 0 Å². The maximum absolute atomic E-state index is 9.63. The lowest BCUT2D eigenvalue weighted by atomic mass is 10.0. The largest absolute Gasteiger partial charge is 0.391 e. The van der Waals surface area contributed by atoms with Crippen molar-refractivity contribution in [1.29, 1.82) is 0 Å². The van der Waals surface area contributed by atoms with E-state index < -0.39 is 6.10 Å². The van der Waals surface area contributed by atoms with Gasteiger partial charge in [0.05, 0.1) is 17.8 Å². The van der Waals surface area contributed by atoms with E-state index in [-0.39, 0.29) is 11.7 Å². The minimum Gasteiger partial charge on any atom is -0.391 e. The number of ether oxygens (including phenoxy) is 1. The monoisotopic (exact) mass is 252 g/mol. The molecule has 1 aromatic rings. The molecule has 1 N–H and O–H groups in total. The predicted octanol–water partition coefficient (Wildman–Crippen LogP) is 3.10. The first kappa shape index (κ1) is 12.9. The Labute approximate surface area is 107 Å². The van der Waals surface area contributed by atoms with Crippen LogP contribution < -0.4 is 0 Å². The van der Waals surface area contributed by atoms with Crippen molar-refractivity contribution in [2.45, 2.75) is 55.1 Å². The van der Waals surface area contributed by atoms with Gasteiger partial charge in [-0.1, -0.05) is 18.2 Å². The number of aliphatic hydroxyl groups is 1. The minimum atomic E-state index is -0.393. The summed E-state index contributed by atoms with van der Waals surface area (Å²) in [5, 5.41) is 10.0. The standard InChI is InChI=1S/C14H20O2S/c1-10(15)12-9-13(14(2,3)16-12)17-11-7-5-4-6-8-11/h4-8,10,12-13,15H,9H2,1-3H3/t10-,12+,13+/m0/s1. The van der Waals surface area contributed by atoms with Crippen LogP contribution >= 0.6 is 11.8 Å². The second-order valence-corrected chi connectivity index (χ2v) is 6.43. The van der Waals surface area contributed by atoms with E-state index >= 15 is 0 Å². The van der Waals surface area contributed by atoms with Gasteiger partial charge < -0.3 is 9.84 Å². The van der Waals surface area contributed by atoms with Crippen LogP contribution in [0, 0.1) is 0 Å². The molecular weight excluding hydrogens is 232 g/mol. The van der Waals surface area contributed by atoms with E-state index in [1.165, 1.54) is 4.90 Å². The van der Waals surface area contributed by atoms with Gasteiger partial charge in [-0.05, 0) is 39.3 Å². The van der Waals surface area contributed by atoms with Crippen LogP contribution in [0.3, 0.4) is 0 Å². The molecule has 1 aromatic carbocycles. The van der Waals surface area contributed by atoms with E-state index in [0.717, 1.165) is 6.42 Å². The van der Waals surface area contributed by atoms with E-state index in [2.05, 4.69) is 38.1 Å². The van der Waals surface area contributed by atoms with Gasteiger partial charge in [-0.2, -0.15) is 0 Å². The summed E-state index contributed by atoms with van der Waals surface area (Å²) in [6.07, 6.45) is 0.478. The fraction of sp³-hybridized carbons (Fsp3) is 0.571. The maximum atomic E-state index is 9.63. The molecule has 2 nitrogen and oxygen atoms in total. The lowest BCUT2D eigenvalue weighted by Crippen LogP contribution is -2.31. The van der Waals surface area contributed by atoms with Gasteiger partial charge in [0.2, 0.25) is 0 Å². The highest BCUT2D eigenvalue weighted by molar-refractivity contribution is 8.00. The molecule has 0 saturated carbocycles. The Hall–Kier alpha value is -0.510. The molecule has 1 heterocycles. The van der Waals surface area contributed by atoms with Crippen LogP contribution in [0.5, 0.6) is 0 Å². The van der Waals surface area contributed by atoms with Gasteiger partial charge in [0.1, 0.15) is 0 Å². The van der Waals surface area contributed by atoms with Crippen LogP contribution in [-0.4, -0.2) is 28.2 Å². The molecule has 0 amide bonds. The molecule has 2 rings (SSSR count). The second kappa shape index (κ2) is 5.01. The Morgan fingerprint density at radius 2 is 2.00 bits per heavy atom. The number of benzene rings is 1. The highest BCUT2D eigenvalue weighted by Gasteiger charge is 2.43. The Balaban J connectivity index is 2.06. The molecular formula is C14H20O2S. The lowest BCUT2D eigenvalue weighted by Gasteiger charge is -2.25. The molecule has 1 fully saturated rings. The first-order chi connectivity index (χ1) is 7.99. The summed E-state index contributed by atoms with van der Waals surface area (Å²) in [6.45, 7) is 6.02. The third kappa shape index (κ3) is 3.03. The van der Waals surface area contributed by atoms with Gasteiger partial charge in [0.25, 0.3) is 0 Å². The Kier molecular flexibility index (Phi) is 3.81. The third-order valence-electron chi connectivity index (χ3n) is 3.24. The van der Waals surface area contributed by atoms with E-state index in [4.69, 9.17) is 4.74 Å². The van der Waals surface area contributed by atoms with Gasteiger partial charge in [-0.15, -0.1) is 11.8 Å². The Morgan fingerprint density at radius 1 is 1.35 bits per heavy atom. The first-order valence-electron chi connectivity index (χ1n) is 6.06. The zero-order valence-corrected chi connectivity index (χ0v) is 11.4. The summed E-state index contributed by atoms with van der Waals surface area (Å²) >= 11 is 1.84. The quantitative estimate of drug-likeness (QED) is 0.896. The fourth-order valence-electron chi connectivity index (χ4n) is 2.16. The average molecular weight is 252 g/mol. The summed E-state index contributed by atoms with van der Waals surface area (Å²) in [5.74, 6) is 0. The summed E-state index contributed by atoms with van der Waals surface area (Å²) in [7, 11) is 0. The Bertz CT molecular complexity index is 362. The molecule has 0 unspecified atom stereocenters. The van der Waals surface area contributed by atoms with Crippen LogP contribution in [0.2, 0.25) is 0 Å². The topological polar surface area (TPSA) is 29.5 Å². The average Bonchev–Trinajstić information content (AvgIpc) is 2.56. The smallest absolute Gasteiger partial charge is 0.0850 e. The van der Waals surface area contributed by atoms with E-state index in [0.29, 0.717) is 5.25 Å². The lowest BCUT2D eigenvalue weighted by molar-refractivity contribution is -0.0640. The van der Waals surface area contributed by atoms with Crippen molar-refractivity contribution in [3.05, 3.63) is 30.3 Å². The highest BCUT2D eigenvalue weighted by Crippen LogP contribution is 2.42. The molecule has 0 radical (unpaired) electrons. The molecule has 94 valence electrons.